The van der Waals surface area contributed by atoms with Crippen LogP contribution in [0.4, 0.5) is 0 Å². The van der Waals surface area contributed by atoms with Gasteiger partial charge in [0.2, 0.25) is 0 Å². The number of hydrogen-bond acceptors (Lipinski definition) is 1. The summed E-state index contributed by atoms with van der Waals surface area (Å²) >= 11 is 0. The molecule has 0 aliphatic carbocycles. The maximum atomic E-state index is 2.47. The Morgan fingerprint density at radius 2 is 1.45 bits per heavy atom. The highest BCUT2D eigenvalue weighted by Gasteiger charge is 2.09. The molecule has 1 nitrogen and oxygen atoms in total. The third-order valence-corrected chi connectivity index (χ3v) is 2.37. The summed E-state index contributed by atoms with van der Waals surface area (Å²) in [5.41, 5.74) is 0. The lowest BCUT2D eigenvalue weighted by Gasteiger charge is -2.26. The summed E-state index contributed by atoms with van der Waals surface area (Å²) in [5.74, 6) is 0. The molecule has 0 radical (unpaired) electrons. The fourth-order valence-corrected chi connectivity index (χ4v) is 1.51. The van der Waals surface area contributed by atoms with E-state index >= 15 is 0 Å². The number of nitrogens with zero attached hydrogens (tertiary/aromatic N) is 1. The number of hydrogen-bond donors (Lipinski definition) is 0. The maximum Gasteiger partial charge on any atom is 0.00918 e. The van der Waals surface area contributed by atoms with E-state index in [1.807, 2.05) is 0 Å². The molecule has 0 saturated heterocycles. The summed E-state index contributed by atoms with van der Waals surface area (Å²) in [5, 5.41) is 0. The second-order valence-corrected chi connectivity index (χ2v) is 3.30. The molecule has 0 aromatic rings. The molecule has 0 aliphatic rings. The highest BCUT2D eigenvalue weighted by Crippen LogP contribution is 2.10. The fourth-order valence-electron chi connectivity index (χ4n) is 1.51. The zero-order valence-corrected chi connectivity index (χ0v) is 8.56. The molecule has 0 aromatic carbocycles. The minimum Gasteiger partial charge on any atom is -0.304 e. The SMILES string of the molecule is CCCC(CCC)N(C)CC. The third kappa shape index (κ3) is 4.41. The molecule has 0 saturated carbocycles. The molecule has 0 spiro atoms. The first-order valence-electron chi connectivity index (χ1n) is 4.96. The first-order chi connectivity index (χ1) is 5.26. The van der Waals surface area contributed by atoms with Crippen molar-refractivity contribution in [2.75, 3.05) is 13.6 Å². The summed E-state index contributed by atoms with van der Waals surface area (Å²) in [7, 11) is 2.23. The average Bonchev–Trinajstić information content (AvgIpc) is 2.03. The summed E-state index contributed by atoms with van der Waals surface area (Å²) in [6, 6.07) is 0.829. The average molecular weight is 157 g/mol. The van der Waals surface area contributed by atoms with Crippen LogP contribution in [-0.2, 0) is 0 Å². The van der Waals surface area contributed by atoms with Crippen molar-refractivity contribution in [3.05, 3.63) is 0 Å². The van der Waals surface area contributed by atoms with Gasteiger partial charge in [-0.05, 0) is 26.4 Å². The van der Waals surface area contributed by atoms with Crippen LogP contribution in [-0.4, -0.2) is 24.5 Å². The zero-order chi connectivity index (χ0) is 8.69. The van der Waals surface area contributed by atoms with E-state index in [1.165, 1.54) is 32.2 Å². The third-order valence-electron chi connectivity index (χ3n) is 2.37. The van der Waals surface area contributed by atoms with Crippen LogP contribution in [0.1, 0.15) is 46.5 Å². The Morgan fingerprint density at radius 1 is 1.00 bits per heavy atom. The quantitative estimate of drug-likeness (QED) is 0.573. The normalized spacial score (nSPS) is 11.5. The summed E-state index contributed by atoms with van der Waals surface area (Å²) in [6.07, 6.45) is 5.35. The first-order valence-corrected chi connectivity index (χ1v) is 4.96. The van der Waals surface area contributed by atoms with E-state index in [1.54, 1.807) is 0 Å². The molecule has 0 heterocycles. The minimum atomic E-state index is 0.829. The van der Waals surface area contributed by atoms with Gasteiger partial charge in [-0.25, -0.2) is 0 Å². The Labute approximate surface area is 71.8 Å². The smallest absolute Gasteiger partial charge is 0.00918 e. The molecule has 0 bridgehead atoms. The van der Waals surface area contributed by atoms with Crippen LogP contribution in [0.3, 0.4) is 0 Å². The van der Waals surface area contributed by atoms with Crippen LogP contribution < -0.4 is 0 Å². The van der Waals surface area contributed by atoms with E-state index in [0.29, 0.717) is 0 Å². The Balaban J connectivity index is 3.66. The Hall–Kier alpha value is -0.0400. The predicted octanol–water partition coefficient (Wildman–Crippen LogP) is 2.91. The van der Waals surface area contributed by atoms with E-state index < -0.39 is 0 Å². The Kier molecular flexibility index (Phi) is 6.63. The van der Waals surface area contributed by atoms with Gasteiger partial charge >= 0.3 is 0 Å². The molecule has 0 unspecified atom stereocenters. The van der Waals surface area contributed by atoms with Crippen molar-refractivity contribution in [1.82, 2.24) is 4.90 Å². The van der Waals surface area contributed by atoms with Gasteiger partial charge in [0.15, 0.2) is 0 Å². The molecule has 68 valence electrons. The molecular formula is C10H23N. The lowest BCUT2D eigenvalue weighted by Crippen LogP contribution is -2.31. The molecule has 0 rings (SSSR count). The van der Waals surface area contributed by atoms with Gasteiger partial charge in [0.25, 0.3) is 0 Å². The van der Waals surface area contributed by atoms with Crippen molar-refractivity contribution in [3.63, 3.8) is 0 Å². The monoisotopic (exact) mass is 157 g/mol. The molecule has 1 heteroatoms. The van der Waals surface area contributed by atoms with Crippen LogP contribution in [0, 0.1) is 0 Å². The zero-order valence-electron chi connectivity index (χ0n) is 8.56. The van der Waals surface area contributed by atoms with E-state index in [9.17, 15) is 0 Å². The highest BCUT2D eigenvalue weighted by molar-refractivity contribution is 4.66. The van der Waals surface area contributed by atoms with Crippen molar-refractivity contribution < 1.29 is 0 Å². The van der Waals surface area contributed by atoms with Gasteiger partial charge in [-0.3, -0.25) is 0 Å². The highest BCUT2D eigenvalue weighted by atomic mass is 15.1. The van der Waals surface area contributed by atoms with Crippen molar-refractivity contribution >= 4 is 0 Å². The molecular weight excluding hydrogens is 134 g/mol. The predicted molar refractivity (Wildman–Crippen MR) is 51.9 cm³/mol. The Morgan fingerprint density at radius 3 is 1.73 bits per heavy atom. The van der Waals surface area contributed by atoms with Crippen molar-refractivity contribution in [3.8, 4) is 0 Å². The standard InChI is InChI=1S/C10H23N/c1-5-8-10(9-6-2)11(4)7-3/h10H,5-9H2,1-4H3. The van der Waals surface area contributed by atoms with E-state index in [4.69, 9.17) is 0 Å². The van der Waals surface area contributed by atoms with Crippen molar-refractivity contribution in [2.24, 2.45) is 0 Å². The number of rotatable bonds is 6. The van der Waals surface area contributed by atoms with Crippen LogP contribution >= 0.6 is 0 Å². The molecule has 0 fully saturated rings. The molecule has 0 aliphatic heterocycles. The maximum absolute atomic E-state index is 2.47. The summed E-state index contributed by atoms with van der Waals surface area (Å²) < 4.78 is 0. The second-order valence-electron chi connectivity index (χ2n) is 3.30. The van der Waals surface area contributed by atoms with Crippen LogP contribution in [0.25, 0.3) is 0 Å². The molecule has 0 amide bonds. The fraction of sp³-hybridized carbons (Fsp3) is 1.00. The van der Waals surface area contributed by atoms with E-state index in [-0.39, 0.29) is 0 Å². The van der Waals surface area contributed by atoms with Gasteiger partial charge in [-0.1, -0.05) is 33.6 Å². The van der Waals surface area contributed by atoms with Crippen LogP contribution in [0.2, 0.25) is 0 Å². The van der Waals surface area contributed by atoms with Crippen molar-refractivity contribution in [1.29, 1.82) is 0 Å². The van der Waals surface area contributed by atoms with E-state index in [0.717, 1.165) is 6.04 Å². The van der Waals surface area contributed by atoms with Crippen LogP contribution in [0.15, 0.2) is 0 Å². The minimum absolute atomic E-state index is 0.829. The van der Waals surface area contributed by atoms with E-state index in [2.05, 4.69) is 32.7 Å². The van der Waals surface area contributed by atoms with Gasteiger partial charge in [-0.2, -0.15) is 0 Å². The van der Waals surface area contributed by atoms with Gasteiger partial charge in [-0.15, -0.1) is 0 Å². The molecule has 0 aromatic heterocycles. The second kappa shape index (κ2) is 6.66. The first kappa shape index (κ1) is 11.0. The van der Waals surface area contributed by atoms with Gasteiger partial charge in [0, 0.05) is 6.04 Å². The summed E-state index contributed by atoms with van der Waals surface area (Å²) in [6.45, 7) is 7.96. The lowest BCUT2D eigenvalue weighted by atomic mass is 10.1. The van der Waals surface area contributed by atoms with Gasteiger partial charge < -0.3 is 4.90 Å². The van der Waals surface area contributed by atoms with Gasteiger partial charge in [0.05, 0.1) is 0 Å². The topological polar surface area (TPSA) is 3.24 Å². The largest absolute Gasteiger partial charge is 0.304 e. The van der Waals surface area contributed by atoms with Crippen LogP contribution in [0.5, 0.6) is 0 Å². The summed E-state index contributed by atoms with van der Waals surface area (Å²) in [4.78, 5) is 2.47. The van der Waals surface area contributed by atoms with Gasteiger partial charge in [0.1, 0.15) is 0 Å². The molecule has 0 N–H and O–H groups in total. The molecule has 0 atom stereocenters. The molecule has 11 heavy (non-hydrogen) atoms. The Bertz CT molecular complexity index is 74.9. The lowest BCUT2D eigenvalue weighted by molar-refractivity contribution is 0.226. The van der Waals surface area contributed by atoms with Crippen molar-refractivity contribution in [2.45, 2.75) is 52.5 Å².